The number of rotatable bonds is 53. The summed E-state index contributed by atoms with van der Waals surface area (Å²) < 4.78 is 17.6. The molecule has 1 rings (SSSR count). The second-order valence-corrected chi connectivity index (χ2v) is 21.8. The van der Waals surface area contributed by atoms with E-state index in [4.69, 9.17) is 14.2 Å². The largest absolute Gasteiger partial charge is 0.454 e. The predicted molar refractivity (Wildman–Crippen MR) is 306 cm³/mol. The number of carbonyl (C=O) groups excluding carboxylic acids is 2. The van der Waals surface area contributed by atoms with Gasteiger partial charge in [-0.1, -0.05) is 243 Å². The quantitative estimate of drug-likeness (QED) is 0.0195. The average Bonchev–Trinajstić information content (AvgIpc) is 3.40. The monoisotopic (exact) mass is 1050 g/mol. The Morgan fingerprint density at radius 3 is 1.31 bits per heavy atom. The van der Waals surface area contributed by atoms with E-state index in [9.17, 15) is 35.1 Å². The fourth-order valence-corrected chi connectivity index (χ4v) is 9.76. The van der Waals surface area contributed by atoms with E-state index < -0.39 is 67.4 Å². The highest BCUT2D eigenvalue weighted by Gasteiger charge is 2.47. The highest BCUT2D eigenvalue weighted by molar-refractivity contribution is 5.80. The molecule has 11 heteroatoms. The number of hydrogen-bond acceptors (Lipinski definition) is 10. The number of allylic oxidation sites excluding steroid dienone is 5. The zero-order valence-corrected chi connectivity index (χ0v) is 48.0. The van der Waals surface area contributed by atoms with Crippen LogP contribution in [0.5, 0.6) is 0 Å². The number of hydrogen-bond donors (Lipinski definition) is 6. The standard InChI is InChI=1S/C63H117NO10/c1-4-7-10-13-16-19-22-24-26-27-28-29-30-31-32-35-38-41-44-47-50-56(67)62(71)64-54(55(66)49-46-43-40-37-34-21-18-15-12-9-6-3)53-72-63-61(60(70)59(69)57(52-65)73-63)74-58(68)51-48-45-42-39-36-33-25-23-20-17-14-11-8-5-2/h24,26,33,36,46,49,54-57,59-61,63,65-67,69-70H,4-23,25,27-32,34-35,37-45,47-48,50-53H2,1-3H3,(H,64,71)/b26-24+,36-33-,49-46+. The molecule has 1 fully saturated rings. The van der Waals surface area contributed by atoms with Gasteiger partial charge in [-0.05, 0) is 77.0 Å². The maximum Gasteiger partial charge on any atom is 0.306 e. The zero-order valence-electron chi connectivity index (χ0n) is 48.0. The molecule has 11 nitrogen and oxygen atoms in total. The Hall–Kier alpha value is -2.12. The van der Waals surface area contributed by atoms with Crippen molar-refractivity contribution in [1.82, 2.24) is 5.32 Å². The van der Waals surface area contributed by atoms with Crippen molar-refractivity contribution in [3.63, 3.8) is 0 Å². The molecule has 0 radical (unpaired) electrons. The maximum atomic E-state index is 13.4. The molecule has 1 heterocycles. The predicted octanol–water partition coefficient (Wildman–Crippen LogP) is 14.7. The Morgan fingerprint density at radius 2 is 0.892 bits per heavy atom. The van der Waals surface area contributed by atoms with Crippen LogP contribution in [0.3, 0.4) is 0 Å². The number of unbranched alkanes of at least 4 members (excludes halogenated alkanes) is 35. The molecular weight excluding hydrogens is 931 g/mol. The van der Waals surface area contributed by atoms with E-state index in [0.717, 1.165) is 64.2 Å². The molecule has 1 aliphatic heterocycles. The topological polar surface area (TPSA) is 175 Å². The molecule has 6 N–H and O–H groups in total. The van der Waals surface area contributed by atoms with Gasteiger partial charge in [0.15, 0.2) is 12.4 Å². The third kappa shape index (κ3) is 39.3. The molecule has 434 valence electrons. The van der Waals surface area contributed by atoms with Crippen molar-refractivity contribution in [2.45, 2.75) is 339 Å². The third-order valence-electron chi connectivity index (χ3n) is 14.8. The summed E-state index contributed by atoms with van der Waals surface area (Å²) >= 11 is 0. The van der Waals surface area contributed by atoms with E-state index in [-0.39, 0.29) is 13.0 Å². The lowest BCUT2D eigenvalue weighted by Crippen LogP contribution is -2.61. The third-order valence-corrected chi connectivity index (χ3v) is 14.8. The Labute approximate surface area is 453 Å². The number of nitrogens with one attached hydrogen (secondary N) is 1. The number of amides is 1. The van der Waals surface area contributed by atoms with Crippen LogP contribution >= 0.6 is 0 Å². The highest BCUT2D eigenvalue weighted by Crippen LogP contribution is 2.26. The van der Waals surface area contributed by atoms with Gasteiger partial charge in [0.25, 0.3) is 0 Å². The molecule has 1 amide bonds. The molecule has 0 aliphatic carbocycles. The van der Waals surface area contributed by atoms with Crippen LogP contribution in [0, 0.1) is 0 Å². The molecular formula is C63H117NO10. The second kappa shape index (κ2) is 51.6. The molecule has 1 aliphatic rings. The average molecular weight is 1050 g/mol. The summed E-state index contributed by atoms with van der Waals surface area (Å²) in [7, 11) is 0. The minimum atomic E-state index is -1.62. The Kier molecular flexibility index (Phi) is 48.8. The van der Waals surface area contributed by atoms with Crippen molar-refractivity contribution >= 4 is 11.9 Å². The van der Waals surface area contributed by atoms with Crippen molar-refractivity contribution in [2.24, 2.45) is 0 Å². The lowest BCUT2D eigenvalue weighted by molar-refractivity contribution is -0.305. The summed E-state index contributed by atoms with van der Waals surface area (Å²) in [6, 6.07) is -1.02. The molecule has 0 spiro atoms. The van der Waals surface area contributed by atoms with Gasteiger partial charge in [0.1, 0.15) is 24.4 Å². The van der Waals surface area contributed by atoms with Gasteiger partial charge in [0.05, 0.1) is 25.4 Å². The van der Waals surface area contributed by atoms with Crippen molar-refractivity contribution in [3.05, 3.63) is 36.5 Å². The second-order valence-electron chi connectivity index (χ2n) is 21.8. The van der Waals surface area contributed by atoms with Crippen molar-refractivity contribution < 1.29 is 49.3 Å². The fraction of sp³-hybridized carbons (Fsp3) is 0.873. The van der Waals surface area contributed by atoms with Gasteiger partial charge >= 0.3 is 5.97 Å². The maximum absolute atomic E-state index is 13.4. The van der Waals surface area contributed by atoms with Gasteiger partial charge in [-0.2, -0.15) is 0 Å². The summed E-state index contributed by atoms with van der Waals surface area (Å²) in [5.74, 6) is -1.20. The first-order valence-corrected chi connectivity index (χ1v) is 31.3. The van der Waals surface area contributed by atoms with Crippen molar-refractivity contribution in [3.8, 4) is 0 Å². The lowest BCUT2D eigenvalue weighted by Gasteiger charge is -2.41. The first-order valence-electron chi connectivity index (χ1n) is 31.3. The van der Waals surface area contributed by atoms with Crippen LogP contribution in [0.25, 0.3) is 0 Å². The summed E-state index contributed by atoms with van der Waals surface area (Å²) in [6.07, 6.45) is 50.5. The van der Waals surface area contributed by atoms with Crippen molar-refractivity contribution in [2.75, 3.05) is 13.2 Å². The molecule has 8 unspecified atom stereocenters. The molecule has 0 saturated carbocycles. The summed E-state index contributed by atoms with van der Waals surface area (Å²) in [4.78, 5) is 26.5. The molecule has 1 saturated heterocycles. The molecule has 0 bridgehead atoms. The van der Waals surface area contributed by atoms with Gasteiger partial charge in [-0.3, -0.25) is 9.59 Å². The Morgan fingerprint density at radius 1 is 0.514 bits per heavy atom. The van der Waals surface area contributed by atoms with Crippen LogP contribution in [0.4, 0.5) is 0 Å². The van der Waals surface area contributed by atoms with Crippen LogP contribution in [0.1, 0.15) is 290 Å². The number of esters is 1. The summed E-state index contributed by atoms with van der Waals surface area (Å²) in [5.41, 5.74) is 0. The Balaban J connectivity index is 2.65. The van der Waals surface area contributed by atoms with Crippen molar-refractivity contribution in [1.29, 1.82) is 0 Å². The van der Waals surface area contributed by atoms with Crippen LogP contribution in [-0.4, -0.2) is 99.6 Å². The zero-order chi connectivity index (χ0) is 54.0. The molecule has 0 aromatic heterocycles. The minimum absolute atomic E-state index is 0.105. The Bertz CT molecular complexity index is 1340. The summed E-state index contributed by atoms with van der Waals surface area (Å²) in [5, 5.41) is 56.9. The van der Waals surface area contributed by atoms with Crippen LogP contribution in [0.2, 0.25) is 0 Å². The van der Waals surface area contributed by atoms with Crippen LogP contribution < -0.4 is 5.32 Å². The number of carbonyl (C=O) groups is 2. The SMILES string of the molecule is CCCCCCCC/C=C/CCCCCCCCCCCCC(O)C(=O)NC(COC1OC(CO)C(O)C(O)C1OC(=O)CCCCC/C=C\CCCCCCCCC)C(O)/C=C/CCCCCCCCCCC. The van der Waals surface area contributed by atoms with E-state index in [0.29, 0.717) is 19.3 Å². The first-order chi connectivity index (χ1) is 36.2. The van der Waals surface area contributed by atoms with Crippen LogP contribution in [-0.2, 0) is 23.8 Å². The van der Waals surface area contributed by atoms with E-state index in [2.05, 4.69) is 50.4 Å². The van der Waals surface area contributed by atoms with E-state index in [1.165, 1.54) is 180 Å². The smallest absolute Gasteiger partial charge is 0.306 e. The number of aliphatic hydroxyl groups excluding tert-OH is 5. The first kappa shape index (κ1) is 69.9. The molecule has 0 aromatic carbocycles. The van der Waals surface area contributed by atoms with E-state index in [1.807, 2.05) is 6.08 Å². The van der Waals surface area contributed by atoms with Gasteiger partial charge in [0.2, 0.25) is 5.91 Å². The number of aliphatic hydroxyl groups is 5. The van der Waals surface area contributed by atoms with E-state index >= 15 is 0 Å². The summed E-state index contributed by atoms with van der Waals surface area (Å²) in [6.45, 7) is 5.78. The van der Waals surface area contributed by atoms with Gasteiger partial charge in [0, 0.05) is 6.42 Å². The van der Waals surface area contributed by atoms with E-state index in [1.54, 1.807) is 6.08 Å². The lowest BCUT2D eigenvalue weighted by atomic mass is 9.99. The highest BCUT2D eigenvalue weighted by atomic mass is 16.7. The molecule has 8 atom stereocenters. The normalized spacial score (nSPS) is 19.5. The molecule has 0 aromatic rings. The number of ether oxygens (including phenoxy) is 3. The fourth-order valence-electron chi connectivity index (χ4n) is 9.76. The van der Waals surface area contributed by atoms with Gasteiger partial charge in [-0.15, -0.1) is 0 Å². The van der Waals surface area contributed by atoms with Gasteiger partial charge < -0.3 is 45.1 Å². The minimum Gasteiger partial charge on any atom is -0.454 e. The molecule has 74 heavy (non-hydrogen) atoms. The van der Waals surface area contributed by atoms with Crippen LogP contribution in [0.15, 0.2) is 36.5 Å². The van der Waals surface area contributed by atoms with Gasteiger partial charge in [-0.25, -0.2) is 0 Å².